The molecule has 0 saturated carbocycles. The number of nitrogens with zero attached hydrogens (tertiary/aromatic N) is 3. The first-order valence-electron chi connectivity index (χ1n) is 10.0. The van der Waals surface area contributed by atoms with Crippen LogP contribution in [0.3, 0.4) is 0 Å². The molecule has 1 aliphatic heterocycles. The van der Waals surface area contributed by atoms with Gasteiger partial charge in [0.25, 0.3) is 0 Å². The summed E-state index contributed by atoms with van der Waals surface area (Å²) in [5.74, 6) is 1.05. The Morgan fingerprint density at radius 3 is 2.69 bits per heavy atom. The average molecular weight is 455 g/mol. The Morgan fingerprint density at radius 2 is 1.84 bits per heavy atom. The van der Waals surface area contributed by atoms with Crippen molar-refractivity contribution in [1.29, 1.82) is 0 Å². The Hall–Kier alpha value is -3.66. The van der Waals surface area contributed by atoms with Crippen molar-refractivity contribution in [3.8, 4) is 28.8 Å². The third-order valence-electron chi connectivity index (χ3n) is 4.64. The number of benzene rings is 1. The molecule has 4 rings (SSSR count). The number of aromatic nitrogens is 3. The van der Waals surface area contributed by atoms with E-state index >= 15 is 0 Å². The number of rotatable bonds is 1. The highest BCUT2D eigenvalue weighted by atomic mass is 32.2. The number of nitrogens with one attached hydrogen (secondary N) is 1. The number of allylic oxidation sites excluding steroid dienone is 1. The van der Waals surface area contributed by atoms with E-state index in [1.54, 1.807) is 37.5 Å². The van der Waals surface area contributed by atoms with E-state index in [9.17, 15) is 13.2 Å². The molecule has 0 fully saturated rings. The van der Waals surface area contributed by atoms with E-state index < -0.39 is 10.0 Å². The maximum Gasteiger partial charge on any atom is 0.324 e. The second kappa shape index (κ2) is 9.23. The topological polar surface area (TPSA) is 112 Å². The standard InChI is InChI=1S/C22H22N4O5S/c1-26-15-16(9-10-21(26)27)19-14-20-24-22(23-19)31-18-8-6-7-17(13-18)30-11-4-2-3-5-12-32(28,29)25-20/h2-3,6-10,13-15H,4-5,11-12H2,1H3,(H,23,24,25)/b3-2-. The molecule has 0 atom stereocenters. The molecule has 0 spiro atoms. The lowest BCUT2D eigenvalue weighted by Gasteiger charge is -2.12. The van der Waals surface area contributed by atoms with Crippen LogP contribution in [0, 0.1) is 0 Å². The largest absolute Gasteiger partial charge is 0.493 e. The van der Waals surface area contributed by atoms with Gasteiger partial charge in [0, 0.05) is 37.0 Å². The summed E-state index contributed by atoms with van der Waals surface area (Å²) < 4.78 is 40.5. The lowest BCUT2D eigenvalue weighted by molar-refractivity contribution is 0.322. The third-order valence-corrected chi connectivity index (χ3v) is 5.93. The highest BCUT2D eigenvalue weighted by Crippen LogP contribution is 2.27. The molecule has 166 valence electrons. The summed E-state index contributed by atoms with van der Waals surface area (Å²) in [5.41, 5.74) is 0.831. The minimum Gasteiger partial charge on any atom is -0.493 e. The fraction of sp³-hybridized carbons (Fsp3) is 0.227. The Kier molecular flexibility index (Phi) is 6.22. The molecule has 0 unspecified atom stereocenters. The molecule has 32 heavy (non-hydrogen) atoms. The zero-order chi connectivity index (χ0) is 22.6. The van der Waals surface area contributed by atoms with Crippen molar-refractivity contribution in [2.24, 2.45) is 7.05 Å². The Balaban J connectivity index is 1.78. The van der Waals surface area contributed by atoms with Crippen LogP contribution in [0.1, 0.15) is 12.8 Å². The molecular formula is C22H22N4O5S. The van der Waals surface area contributed by atoms with Gasteiger partial charge < -0.3 is 14.0 Å². The first-order chi connectivity index (χ1) is 15.4. The normalized spacial score (nSPS) is 16.8. The number of hydrogen-bond acceptors (Lipinski definition) is 7. The molecule has 3 heterocycles. The zero-order valence-electron chi connectivity index (χ0n) is 17.4. The first kappa shape index (κ1) is 21.6. The molecule has 4 bridgehead atoms. The zero-order valence-corrected chi connectivity index (χ0v) is 18.2. The van der Waals surface area contributed by atoms with Crippen LogP contribution in [0.2, 0.25) is 0 Å². The molecule has 1 aromatic carbocycles. The fourth-order valence-corrected chi connectivity index (χ4v) is 4.04. The van der Waals surface area contributed by atoms with Crippen LogP contribution in [0.5, 0.6) is 17.5 Å². The van der Waals surface area contributed by atoms with Crippen molar-refractivity contribution in [3.05, 3.63) is 71.2 Å². The summed E-state index contributed by atoms with van der Waals surface area (Å²) in [4.78, 5) is 20.4. The summed E-state index contributed by atoms with van der Waals surface area (Å²) in [6.07, 6.45) is 6.33. The van der Waals surface area contributed by atoms with Gasteiger partial charge in [0.05, 0.1) is 18.1 Å². The lowest BCUT2D eigenvalue weighted by atomic mass is 10.2. The van der Waals surface area contributed by atoms with Crippen molar-refractivity contribution in [1.82, 2.24) is 14.5 Å². The Morgan fingerprint density at radius 1 is 1.03 bits per heavy atom. The maximum atomic E-state index is 12.5. The molecule has 0 amide bonds. The van der Waals surface area contributed by atoms with Gasteiger partial charge >= 0.3 is 6.01 Å². The summed E-state index contributed by atoms with van der Waals surface area (Å²) in [6.45, 7) is 0.452. The van der Waals surface area contributed by atoms with Crippen LogP contribution in [0.15, 0.2) is 65.6 Å². The van der Waals surface area contributed by atoms with Crippen LogP contribution in [-0.4, -0.2) is 35.3 Å². The summed E-state index contributed by atoms with van der Waals surface area (Å²) in [5, 5.41) is 0. The highest BCUT2D eigenvalue weighted by molar-refractivity contribution is 7.92. The van der Waals surface area contributed by atoms with Gasteiger partial charge in [0.2, 0.25) is 15.6 Å². The molecule has 0 saturated heterocycles. The summed E-state index contributed by atoms with van der Waals surface area (Å²) in [6, 6.07) is 11.5. The molecule has 2 aromatic heterocycles. The van der Waals surface area contributed by atoms with Crippen molar-refractivity contribution >= 4 is 15.8 Å². The molecular weight excluding hydrogens is 432 g/mol. The van der Waals surface area contributed by atoms with Crippen LogP contribution < -0.4 is 19.8 Å². The smallest absolute Gasteiger partial charge is 0.324 e. The minimum absolute atomic E-state index is 0.0433. The van der Waals surface area contributed by atoms with Gasteiger partial charge in [-0.15, -0.1) is 0 Å². The van der Waals surface area contributed by atoms with Gasteiger partial charge in [0.15, 0.2) is 0 Å². The third kappa shape index (κ3) is 5.52. The molecule has 0 aliphatic carbocycles. The number of ether oxygens (including phenoxy) is 2. The fourth-order valence-electron chi connectivity index (χ4n) is 3.06. The number of aryl methyl sites for hydroxylation is 1. The van der Waals surface area contributed by atoms with Crippen LogP contribution >= 0.6 is 0 Å². The van der Waals surface area contributed by atoms with E-state index in [1.165, 1.54) is 16.7 Å². The van der Waals surface area contributed by atoms with Gasteiger partial charge in [-0.05, 0) is 31.0 Å². The molecule has 1 N–H and O–H groups in total. The molecule has 9 nitrogen and oxygen atoms in total. The van der Waals surface area contributed by atoms with Gasteiger partial charge in [-0.3, -0.25) is 9.52 Å². The molecule has 1 aliphatic rings. The van der Waals surface area contributed by atoms with Gasteiger partial charge in [-0.25, -0.2) is 8.42 Å². The van der Waals surface area contributed by atoms with E-state index in [2.05, 4.69) is 14.7 Å². The second-order valence-corrected chi connectivity index (χ2v) is 9.02. The second-order valence-electron chi connectivity index (χ2n) is 7.18. The first-order valence-corrected chi connectivity index (χ1v) is 11.7. The maximum absolute atomic E-state index is 12.5. The molecule has 10 heteroatoms. The monoisotopic (exact) mass is 454 g/mol. The SMILES string of the molecule is Cn1cc(-c2cc3nc(n2)Oc2cccc(c2)OCC/C=C\CCS(=O)(=O)N3)ccc1=O. The summed E-state index contributed by atoms with van der Waals surface area (Å²) >= 11 is 0. The number of anilines is 1. The van der Waals surface area contributed by atoms with Crippen LogP contribution in [-0.2, 0) is 17.1 Å². The Bertz CT molecular complexity index is 1320. The van der Waals surface area contributed by atoms with Gasteiger partial charge in [0.1, 0.15) is 17.3 Å². The predicted molar refractivity (Wildman–Crippen MR) is 121 cm³/mol. The van der Waals surface area contributed by atoms with E-state index in [4.69, 9.17) is 9.47 Å². The highest BCUT2D eigenvalue weighted by Gasteiger charge is 2.15. The number of hydrogen-bond donors (Lipinski definition) is 1. The quantitative estimate of drug-likeness (QED) is 0.562. The molecule has 3 aromatic rings. The van der Waals surface area contributed by atoms with E-state index in [0.717, 1.165) is 0 Å². The van der Waals surface area contributed by atoms with Crippen molar-refractivity contribution in [2.75, 3.05) is 17.1 Å². The van der Waals surface area contributed by atoms with Crippen LogP contribution in [0.4, 0.5) is 5.82 Å². The predicted octanol–water partition coefficient (Wildman–Crippen LogP) is 3.11. The van der Waals surface area contributed by atoms with E-state index in [1.807, 2.05) is 18.2 Å². The van der Waals surface area contributed by atoms with Crippen LogP contribution in [0.25, 0.3) is 11.3 Å². The average Bonchev–Trinajstić information content (AvgIpc) is 2.74. The van der Waals surface area contributed by atoms with E-state index in [-0.39, 0.29) is 23.1 Å². The number of sulfonamides is 1. The van der Waals surface area contributed by atoms with Crippen molar-refractivity contribution in [3.63, 3.8) is 0 Å². The summed E-state index contributed by atoms with van der Waals surface area (Å²) in [7, 11) is -2.02. The van der Waals surface area contributed by atoms with Gasteiger partial charge in [-0.1, -0.05) is 18.2 Å². The lowest BCUT2D eigenvalue weighted by Crippen LogP contribution is -2.18. The van der Waals surface area contributed by atoms with Gasteiger partial charge in [-0.2, -0.15) is 9.97 Å². The number of fused-ring (bicyclic) bond motifs is 4. The van der Waals surface area contributed by atoms with E-state index in [0.29, 0.717) is 42.2 Å². The number of pyridine rings is 1. The minimum atomic E-state index is -3.65. The van der Waals surface area contributed by atoms with Crippen molar-refractivity contribution < 1.29 is 17.9 Å². The Labute approximate surface area is 185 Å². The van der Waals surface area contributed by atoms with Crippen molar-refractivity contribution in [2.45, 2.75) is 12.8 Å². The molecule has 0 radical (unpaired) electrons.